The molecule has 0 amide bonds. The molecule has 0 aromatic heterocycles. The average Bonchev–Trinajstić information content (AvgIpc) is 0.803. The van der Waals surface area contributed by atoms with Gasteiger partial charge in [-0.05, 0) is 137 Å². The zero-order valence-electron chi connectivity index (χ0n) is 64.6. The van der Waals surface area contributed by atoms with E-state index in [0.717, 1.165) is 143 Å². The van der Waals surface area contributed by atoms with Gasteiger partial charge in [-0.25, -0.2) is 0 Å². The van der Waals surface area contributed by atoms with E-state index < -0.39 is 42.7 Å². The van der Waals surface area contributed by atoms with Gasteiger partial charge >= 0.3 is 42.7 Å². The molecule has 0 spiro atoms. The standard InChI is InChI=1S/C84H114B6O12/c1-79(2,3)49-67-43-73-55-19-33-62(34-20-55)86-92-69(51-81(7,8)9)45-75(99-86)57-23-37-64(38-24-57)88-94-71(53-83(13,14)15)47-77(101-88)59-27-41-66(42-28-59)90-96-72(54-84(16,17)18)48-78(102-90)60-29-39-65(40-30-60)89-95-70(52-82(10,11)12)46-76(100-89)58-25-35-63(36-26-58)87-93-68(50-80(4,5)6)44-74(98-87)56-21-31-61(32-22-56)85(91-67)97-73/h19-42,67-78H,43-54H2,1-18H3. The van der Waals surface area contributed by atoms with Crippen molar-refractivity contribution in [3.63, 3.8) is 0 Å². The zero-order chi connectivity index (χ0) is 72.3. The lowest BCUT2D eigenvalue weighted by molar-refractivity contribution is 0.00189. The molecule has 0 radical (unpaired) electrons. The van der Waals surface area contributed by atoms with Gasteiger partial charge in [-0.2, -0.15) is 0 Å². The summed E-state index contributed by atoms with van der Waals surface area (Å²) in [6, 6.07) is 52.5. The monoisotopic (exact) mass is 1380 g/mol. The van der Waals surface area contributed by atoms with Crippen LogP contribution in [-0.2, 0) is 55.9 Å². The quantitative estimate of drug-likeness (QED) is 0.148. The van der Waals surface area contributed by atoms with Gasteiger partial charge in [0.05, 0.1) is 36.6 Å². The van der Waals surface area contributed by atoms with Crippen molar-refractivity contribution < 1.29 is 55.9 Å². The third-order valence-electron chi connectivity index (χ3n) is 21.0. The van der Waals surface area contributed by atoms with Crippen LogP contribution >= 0.6 is 0 Å². The van der Waals surface area contributed by atoms with Gasteiger partial charge in [-0.1, -0.05) is 270 Å². The molecule has 16 aliphatic heterocycles. The Morgan fingerprint density at radius 3 is 0.422 bits per heavy atom. The second kappa shape index (κ2) is 30.5. The van der Waals surface area contributed by atoms with Crippen LogP contribution < -0.4 is 32.8 Å². The fraction of sp³-hybridized carbons (Fsp3) is 0.571. The van der Waals surface area contributed by atoms with Gasteiger partial charge in [-0.3, -0.25) is 0 Å². The van der Waals surface area contributed by atoms with Crippen LogP contribution in [0, 0.1) is 32.5 Å². The lowest BCUT2D eigenvalue weighted by atomic mass is 9.72. The van der Waals surface area contributed by atoms with Crippen LogP contribution in [0.4, 0.5) is 0 Å². The molecule has 16 heterocycles. The first kappa shape index (κ1) is 75.5. The molecule has 6 fully saturated rings. The molecule has 540 valence electrons. The smallest absolute Gasteiger partial charge is 0.404 e. The van der Waals surface area contributed by atoms with Gasteiger partial charge in [0.15, 0.2) is 0 Å². The van der Waals surface area contributed by atoms with E-state index in [9.17, 15) is 0 Å². The van der Waals surface area contributed by atoms with Crippen molar-refractivity contribution in [3.8, 4) is 0 Å². The molecule has 0 N–H and O–H groups in total. The second-order valence-electron chi connectivity index (χ2n) is 38.3. The lowest BCUT2D eigenvalue weighted by Crippen LogP contribution is -2.48. The van der Waals surface area contributed by atoms with Crippen LogP contribution in [0.1, 0.15) is 272 Å². The first-order valence-electron chi connectivity index (χ1n) is 38.5. The molecule has 0 saturated carbocycles. The van der Waals surface area contributed by atoms with E-state index in [-0.39, 0.29) is 106 Å². The Morgan fingerprint density at radius 1 is 0.196 bits per heavy atom. The number of hydrogen-bond donors (Lipinski definition) is 0. The maximum Gasteiger partial charge on any atom is 0.494 e. The highest BCUT2D eigenvalue weighted by Gasteiger charge is 2.46. The summed E-state index contributed by atoms with van der Waals surface area (Å²) in [6.07, 6.45) is 8.46. The third kappa shape index (κ3) is 20.1. The molecule has 12 atom stereocenters. The molecule has 0 aliphatic carbocycles. The summed E-state index contributed by atoms with van der Waals surface area (Å²) < 4.78 is 83.9. The van der Waals surface area contributed by atoms with E-state index >= 15 is 0 Å². The highest BCUT2D eigenvalue weighted by molar-refractivity contribution is 6.64. The molecule has 6 saturated heterocycles. The molecule has 6 aromatic rings. The molecule has 12 unspecified atom stereocenters. The van der Waals surface area contributed by atoms with E-state index in [1.807, 2.05) is 0 Å². The van der Waals surface area contributed by atoms with Gasteiger partial charge in [0.2, 0.25) is 0 Å². The van der Waals surface area contributed by atoms with Crippen molar-refractivity contribution in [2.24, 2.45) is 32.5 Å². The van der Waals surface area contributed by atoms with Crippen molar-refractivity contribution in [1.29, 1.82) is 0 Å². The predicted molar refractivity (Wildman–Crippen MR) is 415 cm³/mol. The minimum Gasteiger partial charge on any atom is -0.404 e. The summed E-state index contributed by atoms with van der Waals surface area (Å²) in [6.45, 7) is 41.2. The first-order valence-corrected chi connectivity index (χ1v) is 38.5. The fourth-order valence-electron chi connectivity index (χ4n) is 16.6. The van der Waals surface area contributed by atoms with E-state index in [1.54, 1.807) is 0 Å². The summed E-state index contributed by atoms with van der Waals surface area (Å²) in [7, 11) is -3.38. The van der Waals surface area contributed by atoms with Crippen LogP contribution in [0.5, 0.6) is 0 Å². The average molecular weight is 1380 g/mol. The molecule has 18 heteroatoms. The largest absolute Gasteiger partial charge is 0.494 e. The van der Waals surface area contributed by atoms with E-state index in [1.165, 1.54) is 0 Å². The van der Waals surface area contributed by atoms with Crippen molar-refractivity contribution in [1.82, 2.24) is 0 Å². The Labute approximate surface area is 614 Å². The van der Waals surface area contributed by atoms with Gasteiger partial charge in [-0.15, -0.1) is 0 Å². The Kier molecular flexibility index (Phi) is 22.5. The molecule has 12 nitrogen and oxygen atoms in total. The Bertz CT molecular complexity index is 2890. The van der Waals surface area contributed by atoms with Crippen LogP contribution in [0.2, 0.25) is 0 Å². The fourth-order valence-corrected chi connectivity index (χ4v) is 16.6. The number of benzene rings is 6. The van der Waals surface area contributed by atoms with Gasteiger partial charge in [0.1, 0.15) is 0 Å². The van der Waals surface area contributed by atoms with Crippen LogP contribution in [-0.4, -0.2) is 79.3 Å². The summed E-state index contributed by atoms with van der Waals surface area (Å²) in [4.78, 5) is 0. The van der Waals surface area contributed by atoms with Crippen molar-refractivity contribution in [3.05, 3.63) is 179 Å². The first-order chi connectivity index (χ1) is 48.1. The Hall–Kier alpha value is -4.77. The molecule has 6 aromatic carbocycles. The van der Waals surface area contributed by atoms with Gasteiger partial charge in [0, 0.05) is 75.1 Å². The second-order valence-corrected chi connectivity index (χ2v) is 38.3. The van der Waals surface area contributed by atoms with Crippen LogP contribution in [0.15, 0.2) is 146 Å². The SMILES string of the molecule is CC(C)(C)CC1CC2OB(O1)c1ccc(cc1)C1CC(CC(C)(C)C)OB(O1)c1ccc(cc1)C1CC(CC(C)(C)C)OB(O1)c1ccc(cc1)C1CC(CC(C)(C)C)OB(O1)c1ccc(cc1)C1CC(CC(C)(C)C)OB(O1)c1ccc(cc1)C1CC(CC(C)(C)C)OB(O1)c1ccc2cc1. The van der Waals surface area contributed by atoms with Gasteiger partial charge in [0.25, 0.3) is 0 Å². The molecular weight excluding hydrogens is 1270 g/mol. The summed E-state index contributed by atoms with van der Waals surface area (Å²) >= 11 is 0. The Balaban J connectivity index is 0.835. The van der Waals surface area contributed by atoms with Gasteiger partial charge < -0.3 is 55.9 Å². The third-order valence-corrected chi connectivity index (χ3v) is 21.0. The topological polar surface area (TPSA) is 111 Å². The maximum atomic E-state index is 7.05. The molecule has 16 aliphatic rings. The van der Waals surface area contributed by atoms with Crippen molar-refractivity contribution >= 4 is 75.5 Å². The highest BCUT2D eigenvalue weighted by atomic mass is 16.6. The minimum atomic E-state index is -0.563. The summed E-state index contributed by atoms with van der Waals surface area (Å²) in [5.41, 5.74) is 12.7. The van der Waals surface area contributed by atoms with E-state index in [0.29, 0.717) is 0 Å². The van der Waals surface area contributed by atoms with E-state index in [4.69, 9.17) is 55.9 Å². The molecule has 22 rings (SSSR count). The highest BCUT2D eigenvalue weighted by Crippen LogP contribution is 2.43. The van der Waals surface area contributed by atoms with Crippen molar-refractivity contribution in [2.75, 3.05) is 0 Å². The van der Waals surface area contributed by atoms with Crippen LogP contribution in [0.3, 0.4) is 0 Å². The summed E-state index contributed by atoms with van der Waals surface area (Å²) in [5.74, 6) is 0. The Morgan fingerprint density at radius 2 is 0.314 bits per heavy atom. The molecule has 24 bridgehead atoms. The molecule has 102 heavy (non-hydrogen) atoms. The zero-order valence-corrected chi connectivity index (χ0v) is 64.6. The number of rotatable bonds is 6. The predicted octanol–water partition coefficient (Wildman–Crippen LogP) is 16.1. The minimum absolute atomic E-state index is 0.0217. The number of hydrogen-bond acceptors (Lipinski definition) is 12. The lowest BCUT2D eigenvalue weighted by Gasteiger charge is -2.39. The van der Waals surface area contributed by atoms with E-state index in [2.05, 4.69) is 270 Å². The summed E-state index contributed by atoms with van der Waals surface area (Å²) in [5, 5.41) is 0. The van der Waals surface area contributed by atoms with Crippen molar-refractivity contribution in [2.45, 2.75) is 275 Å². The maximum absolute atomic E-state index is 7.05. The molecular formula is C84H114B6O12. The normalized spacial score (nSPS) is 27.1. The van der Waals surface area contributed by atoms with Crippen LogP contribution in [0.25, 0.3) is 0 Å².